The largest absolute Gasteiger partial charge is 0.395 e. The Morgan fingerprint density at radius 2 is 1.93 bits per heavy atom. The van der Waals surface area contributed by atoms with E-state index in [1.165, 1.54) is 13.8 Å². The summed E-state index contributed by atoms with van der Waals surface area (Å²) in [6.45, 7) is 3.00. The minimum absolute atomic E-state index is 0.137. The van der Waals surface area contributed by atoms with Gasteiger partial charge in [-0.1, -0.05) is 0 Å². The molecule has 3 unspecified atom stereocenters. The SMILES string of the molecule is CC(C)(O)O.NC(CO)C1OCCC1O. The van der Waals surface area contributed by atoms with Crippen molar-refractivity contribution in [1.29, 1.82) is 0 Å². The molecule has 92 valence electrons. The van der Waals surface area contributed by atoms with Gasteiger partial charge in [-0.05, 0) is 20.3 Å². The second-order valence-electron chi connectivity index (χ2n) is 4.03. The molecule has 6 nitrogen and oxygen atoms in total. The van der Waals surface area contributed by atoms with Crippen molar-refractivity contribution >= 4 is 0 Å². The van der Waals surface area contributed by atoms with Gasteiger partial charge in [0.05, 0.1) is 18.8 Å². The summed E-state index contributed by atoms with van der Waals surface area (Å²) < 4.78 is 5.08. The number of hydrogen-bond acceptors (Lipinski definition) is 6. The Morgan fingerprint density at radius 1 is 1.47 bits per heavy atom. The average Bonchev–Trinajstić information content (AvgIpc) is 2.47. The number of aliphatic hydroxyl groups is 4. The first kappa shape index (κ1) is 14.8. The summed E-state index contributed by atoms with van der Waals surface area (Å²) >= 11 is 0. The molecular formula is C9H21NO5. The van der Waals surface area contributed by atoms with Gasteiger partial charge in [0.2, 0.25) is 0 Å². The van der Waals surface area contributed by atoms with Crippen LogP contribution in [0, 0.1) is 0 Å². The van der Waals surface area contributed by atoms with Gasteiger partial charge in [0.15, 0.2) is 5.79 Å². The molecule has 1 fully saturated rings. The summed E-state index contributed by atoms with van der Waals surface area (Å²) in [7, 11) is 0. The average molecular weight is 223 g/mol. The van der Waals surface area contributed by atoms with Gasteiger partial charge in [-0.2, -0.15) is 0 Å². The Bertz CT molecular complexity index is 164. The topological polar surface area (TPSA) is 116 Å². The Kier molecular flexibility index (Phi) is 6.26. The molecule has 0 saturated carbocycles. The van der Waals surface area contributed by atoms with Crippen molar-refractivity contribution < 1.29 is 25.2 Å². The first-order valence-corrected chi connectivity index (χ1v) is 4.86. The Morgan fingerprint density at radius 3 is 2.20 bits per heavy atom. The van der Waals surface area contributed by atoms with E-state index < -0.39 is 17.9 Å². The Labute approximate surface area is 89.3 Å². The molecule has 6 N–H and O–H groups in total. The van der Waals surface area contributed by atoms with Gasteiger partial charge in [-0.3, -0.25) is 0 Å². The maximum atomic E-state index is 9.17. The van der Waals surface area contributed by atoms with Gasteiger partial charge < -0.3 is 30.9 Å². The van der Waals surface area contributed by atoms with Crippen LogP contribution < -0.4 is 5.73 Å². The lowest BCUT2D eigenvalue weighted by molar-refractivity contribution is -0.127. The van der Waals surface area contributed by atoms with Crippen LogP contribution in [0.1, 0.15) is 20.3 Å². The first-order chi connectivity index (χ1) is 6.75. The summed E-state index contributed by atoms with van der Waals surface area (Å²) in [5.74, 6) is -1.50. The second kappa shape index (κ2) is 6.37. The summed E-state index contributed by atoms with van der Waals surface area (Å²) in [5, 5.41) is 33.9. The van der Waals surface area contributed by atoms with E-state index in [2.05, 4.69) is 0 Å². The van der Waals surface area contributed by atoms with Crippen LogP contribution in [0.3, 0.4) is 0 Å². The maximum absolute atomic E-state index is 9.17. The molecule has 1 aliphatic rings. The monoisotopic (exact) mass is 223 g/mol. The lowest BCUT2D eigenvalue weighted by Crippen LogP contribution is -2.43. The Hall–Kier alpha value is -0.240. The molecule has 1 aliphatic heterocycles. The summed E-state index contributed by atoms with van der Waals surface area (Å²) in [6, 6.07) is -0.447. The fourth-order valence-electron chi connectivity index (χ4n) is 1.11. The molecule has 1 saturated heterocycles. The molecule has 0 aliphatic carbocycles. The standard InChI is InChI=1S/C6H13NO3.C3H8O2/c7-4(3-8)6-5(9)1-2-10-6;1-3(2,4)5/h4-6,8-9H,1-3,7H2;4-5H,1-2H3. The minimum Gasteiger partial charge on any atom is -0.395 e. The van der Waals surface area contributed by atoms with Crippen LogP contribution in [-0.4, -0.2) is 57.7 Å². The van der Waals surface area contributed by atoms with Crippen molar-refractivity contribution in [2.45, 2.75) is 44.3 Å². The molecule has 3 atom stereocenters. The van der Waals surface area contributed by atoms with Gasteiger partial charge in [0.1, 0.15) is 6.10 Å². The van der Waals surface area contributed by atoms with Crippen LogP contribution in [0.25, 0.3) is 0 Å². The maximum Gasteiger partial charge on any atom is 0.156 e. The third-order valence-electron chi connectivity index (χ3n) is 1.74. The molecule has 1 rings (SSSR count). The molecule has 6 heteroatoms. The highest BCUT2D eigenvalue weighted by Crippen LogP contribution is 2.14. The number of rotatable bonds is 2. The molecule has 0 aromatic rings. The Balaban J connectivity index is 0.000000336. The lowest BCUT2D eigenvalue weighted by Gasteiger charge is -2.18. The lowest BCUT2D eigenvalue weighted by atomic mass is 10.1. The fourth-order valence-corrected chi connectivity index (χ4v) is 1.11. The summed E-state index contributed by atoms with van der Waals surface area (Å²) in [4.78, 5) is 0. The fraction of sp³-hybridized carbons (Fsp3) is 1.00. The van der Waals surface area contributed by atoms with Crippen molar-refractivity contribution in [3.8, 4) is 0 Å². The van der Waals surface area contributed by atoms with E-state index in [0.29, 0.717) is 13.0 Å². The van der Waals surface area contributed by atoms with Crippen LogP contribution in [0.15, 0.2) is 0 Å². The van der Waals surface area contributed by atoms with E-state index in [1.54, 1.807) is 0 Å². The predicted octanol–water partition coefficient (Wildman–Crippen LogP) is -1.84. The molecule has 1 heterocycles. The van der Waals surface area contributed by atoms with Gasteiger partial charge >= 0.3 is 0 Å². The zero-order chi connectivity index (χ0) is 12.1. The number of hydrogen-bond donors (Lipinski definition) is 5. The third kappa shape index (κ3) is 7.66. The molecule has 0 radical (unpaired) electrons. The van der Waals surface area contributed by atoms with Crippen LogP contribution >= 0.6 is 0 Å². The van der Waals surface area contributed by atoms with Gasteiger partial charge in [0.25, 0.3) is 0 Å². The minimum atomic E-state index is -1.50. The molecule has 15 heavy (non-hydrogen) atoms. The van der Waals surface area contributed by atoms with E-state index in [-0.39, 0.29) is 12.7 Å². The van der Waals surface area contributed by atoms with Crippen molar-refractivity contribution in [3.05, 3.63) is 0 Å². The number of nitrogens with two attached hydrogens (primary N) is 1. The van der Waals surface area contributed by atoms with E-state index in [0.717, 1.165) is 0 Å². The third-order valence-corrected chi connectivity index (χ3v) is 1.74. The van der Waals surface area contributed by atoms with Gasteiger partial charge in [-0.15, -0.1) is 0 Å². The first-order valence-electron chi connectivity index (χ1n) is 4.86. The quantitative estimate of drug-likeness (QED) is 0.351. The molecule has 0 spiro atoms. The van der Waals surface area contributed by atoms with Crippen LogP contribution in [-0.2, 0) is 4.74 Å². The van der Waals surface area contributed by atoms with E-state index >= 15 is 0 Å². The second-order valence-corrected chi connectivity index (χ2v) is 4.03. The van der Waals surface area contributed by atoms with Crippen molar-refractivity contribution in [3.63, 3.8) is 0 Å². The highest BCUT2D eigenvalue weighted by Gasteiger charge is 2.30. The van der Waals surface area contributed by atoms with Crippen molar-refractivity contribution in [2.75, 3.05) is 13.2 Å². The van der Waals surface area contributed by atoms with E-state index in [1.807, 2.05) is 0 Å². The van der Waals surface area contributed by atoms with E-state index in [4.69, 9.17) is 25.8 Å². The predicted molar refractivity (Wildman–Crippen MR) is 53.9 cm³/mol. The highest BCUT2D eigenvalue weighted by molar-refractivity contribution is 4.83. The molecule has 0 bridgehead atoms. The van der Waals surface area contributed by atoms with Crippen LogP contribution in [0.5, 0.6) is 0 Å². The molecule has 0 aromatic carbocycles. The molecule has 0 aromatic heterocycles. The van der Waals surface area contributed by atoms with Gasteiger partial charge in [-0.25, -0.2) is 0 Å². The van der Waals surface area contributed by atoms with Crippen molar-refractivity contribution in [1.82, 2.24) is 0 Å². The van der Waals surface area contributed by atoms with Crippen LogP contribution in [0.2, 0.25) is 0 Å². The zero-order valence-electron chi connectivity index (χ0n) is 9.13. The summed E-state index contributed by atoms with van der Waals surface area (Å²) in [5.41, 5.74) is 5.43. The zero-order valence-corrected chi connectivity index (χ0v) is 9.13. The van der Waals surface area contributed by atoms with Crippen LogP contribution in [0.4, 0.5) is 0 Å². The van der Waals surface area contributed by atoms with Crippen molar-refractivity contribution in [2.24, 2.45) is 5.73 Å². The smallest absolute Gasteiger partial charge is 0.156 e. The highest BCUT2D eigenvalue weighted by atomic mass is 16.5. The normalized spacial score (nSPS) is 28.2. The molecular weight excluding hydrogens is 202 g/mol. The molecule has 0 amide bonds. The number of ether oxygens (including phenoxy) is 1. The number of aliphatic hydroxyl groups excluding tert-OH is 2. The van der Waals surface area contributed by atoms with E-state index in [9.17, 15) is 5.11 Å². The summed E-state index contributed by atoms with van der Waals surface area (Å²) in [6.07, 6.45) is -0.245. The van der Waals surface area contributed by atoms with Gasteiger partial charge in [0, 0.05) is 6.61 Å².